The van der Waals surface area contributed by atoms with Crippen molar-refractivity contribution >= 4 is 27.5 Å². The third kappa shape index (κ3) is 3.46. The van der Waals surface area contributed by atoms with Gasteiger partial charge in [-0.3, -0.25) is 0 Å². The van der Waals surface area contributed by atoms with Crippen molar-refractivity contribution in [1.29, 1.82) is 0 Å². The first-order valence-corrected chi connectivity index (χ1v) is 7.99. The zero-order chi connectivity index (χ0) is 14.7. The van der Waals surface area contributed by atoms with Crippen molar-refractivity contribution in [3.05, 3.63) is 45.1 Å². The van der Waals surface area contributed by atoms with Gasteiger partial charge in [0.25, 0.3) is 0 Å². The van der Waals surface area contributed by atoms with Gasteiger partial charge in [-0.2, -0.15) is 0 Å². The summed E-state index contributed by atoms with van der Waals surface area (Å²) < 4.78 is 6.95. The molecule has 1 atom stereocenters. The molecule has 0 saturated carbocycles. The number of hydrogen-bond donors (Lipinski definition) is 1. The molecular weight excluding hydrogens is 338 g/mol. The van der Waals surface area contributed by atoms with Crippen molar-refractivity contribution in [3.63, 3.8) is 0 Å². The zero-order valence-corrected chi connectivity index (χ0v) is 14.3. The molecule has 1 aromatic heterocycles. The second-order valence-electron chi connectivity index (χ2n) is 4.96. The molecule has 0 amide bonds. The molecule has 0 fully saturated rings. The van der Waals surface area contributed by atoms with Gasteiger partial charge in [0.1, 0.15) is 11.5 Å². The molecule has 2 rings (SSSR count). The third-order valence-corrected chi connectivity index (χ3v) is 4.33. The molecule has 1 heterocycles. The van der Waals surface area contributed by atoms with Gasteiger partial charge in [0.15, 0.2) is 0 Å². The van der Waals surface area contributed by atoms with Crippen molar-refractivity contribution in [3.8, 4) is 11.3 Å². The lowest BCUT2D eigenvalue weighted by atomic mass is 10.1. The highest BCUT2D eigenvalue weighted by atomic mass is 79.9. The van der Waals surface area contributed by atoms with Gasteiger partial charge in [-0.1, -0.05) is 34.5 Å². The first-order chi connectivity index (χ1) is 9.52. The van der Waals surface area contributed by atoms with Gasteiger partial charge in [0.05, 0.1) is 6.04 Å². The smallest absolute Gasteiger partial charge is 0.135 e. The van der Waals surface area contributed by atoms with E-state index < -0.39 is 0 Å². The molecular formula is C16H19BrClNO. The lowest BCUT2D eigenvalue weighted by Crippen LogP contribution is -2.18. The maximum Gasteiger partial charge on any atom is 0.135 e. The minimum atomic E-state index is 0.211. The van der Waals surface area contributed by atoms with Crippen LogP contribution in [0.1, 0.15) is 37.6 Å². The predicted octanol–water partition coefficient (Wildman–Crippen LogP) is 5.73. The van der Waals surface area contributed by atoms with Gasteiger partial charge < -0.3 is 9.73 Å². The number of furan rings is 1. The molecule has 2 aromatic rings. The molecule has 0 radical (unpaired) electrons. The maximum absolute atomic E-state index is 6.20. The van der Waals surface area contributed by atoms with Gasteiger partial charge >= 0.3 is 0 Å². The Kier molecular flexibility index (Phi) is 5.30. The van der Waals surface area contributed by atoms with E-state index in [1.165, 1.54) is 0 Å². The van der Waals surface area contributed by atoms with E-state index in [0.717, 1.165) is 45.1 Å². The zero-order valence-electron chi connectivity index (χ0n) is 12.0. The summed E-state index contributed by atoms with van der Waals surface area (Å²) in [5.74, 6) is 1.77. The number of rotatable bonds is 5. The van der Waals surface area contributed by atoms with Crippen LogP contribution in [-0.2, 0) is 0 Å². The Morgan fingerprint density at radius 3 is 2.80 bits per heavy atom. The third-order valence-electron chi connectivity index (χ3n) is 3.27. The molecule has 0 spiro atoms. The summed E-state index contributed by atoms with van der Waals surface area (Å²) in [6.07, 6.45) is 1.11. The summed E-state index contributed by atoms with van der Waals surface area (Å²) in [6.45, 7) is 7.23. The first kappa shape index (κ1) is 15.6. The van der Waals surface area contributed by atoms with Crippen LogP contribution < -0.4 is 5.32 Å². The van der Waals surface area contributed by atoms with Gasteiger partial charge in [-0.05, 0) is 56.6 Å². The Balaban J connectivity index is 2.27. The summed E-state index contributed by atoms with van der Waals surface area (Å²) in [6, 6.07) is 8.17. The maximum atomic E-state index is 6.20. The number of benzene rings is 1. The van der Waals surface area contributed by atoms with Gasteiger partial charge in [-0.15, -0.1) is 0 Å². The Morgan fingerprint density at radius 2 is 2.10 bits per heavy atom. The highest BCUT2D eigenvalue weighted by Crippen LogP contribution is 2.34. The summed E-state index contributed by atoms with van der Waals surface area (Å²) >= 11 is 9.77. The monoisotopic (exact) mass is 355 g/mol. The number of hydrogen-bond acceptors (Lipinski definition) is 2. The van der Waals surface area contributed by atoms with Crippen molar-refractivity contribution < 1.29 is 4.42 Å². The molecule has 1 aromatic carbocycles. The van der Waals surface area contributed by atoms with Gasteiger partial charge in [0, 0.05) is 15.1 Å². The normalized spacial score (nSPS) is 12.7. The molecule has 0 aliphatic rings. The molecule has 1 N–H and O–H groups in total. The number of halogens is 2. The molecule has 0 bridgehead atoms. The Bertz CT molecular complexity index is 594. The fourth-order valence-electron chi connectivity index (χ4n) is 2.03. The highest BCUT2D eigenvalue weighted by Gasteiger charge is 2.13. The van der Waals surface area contributed by atoms with Gasteiger partial charge in [-0.25, -0.2) is 0 Å². The minimum absolute atomic E-state index is 0.211. The van der Waals surface area contributed by atoms with Crippen LogP contribution in [0.4, 0.5) is 0 Å². The predicted molar refractivity (Wildman–Crippen MR) is 88.3 cm³/mol. The second-order valence-corrected chi connectivity index (χ2v) is 6.22. The van der Waals surface area contributed by atoms with Crippen LogP contribution in [0.15, 0.2) is 33.2 Å². The topological polar surface area (TPSA) is 25.2 Å². The van der Waals surface area contributed by atoms with E-state index in [-0.39, 0.29) is 6.04 Å². The lowest BCUT2D eigenvalue weighted by molar-refractivity contribution is 0.438. The van der Waals surface area contributed by atoms with E-state index in [0.29, 0.717) is 0 Å². The van der Waals surface area contributed by atoms with Crippen LogP contribution in [0.5, 0.6) is 0 Å². The second kappa shape index (κ2) is 6.79. The Hall–Kier alpha value is -0.770. The lowest BCUT2D eigenvalue weighted by Gasteiger charge is -2.10. The average Bonchev–Trinajstić information content (AvgIpc) is 2.89. The van der Waals surface area contributed by atoms with Crippen molar-refractivity contribution in [2.24, 2.45) is 0 Å². The fraction of sp³-hybridized carbons (Fsp3) is 0.375. The van der Waals surface area contributed by atoms with Crippen LogP contribution in [0.25, 0.3) is 11.3 Å². The highest BCUT2D eigenvalue weighted by molar-refractivity contribution is 9.10. The SMILES string of the molecule is CCCNC(C)c1ccc(-c2cc(Cl)c(C)cc2Br)o1. The van der Waals surface area contributed by atoms with Crippen LogP contribution >= 0.6 is 27.5 Å². The molecule has 0 aliphatic carbocycles. The standard InChI is InChI=1S/C16H19BrClNO/c1-4-7-19-11(3)15-5-6-16(20-15)12-9-14(18)10(2)8-13(12)17/h5-6,8-9,11,19H,4,7H2,1-3H3. The van der Waals surface area contributed by atoms with E-state index in [4.69, 9.17) is 16.0 Å². The van der Waals surface area contributed by atoms with E-state index >= 15 is 0 Å². The Labute approximate surface area is 133 Å². The van der Waals surface area contributed by atoms with E-state index in [1.54, 1.807) is 0 Å². The minimum Gasteiger partial charge on any atom is -0.459 e. The van der Waals surface area contributed by atoms with E-state index in [1.807, 2.05) is 31.2 Å². The first-order valence-electron chi connectivity index (χ1n) is 6.82. The molecule has 2 nitrogen and oxygen atoms in total. The number of nitrogens with one attached hydrogen (secondary N) is 1. The summed E-state index contributed by atoms with van der Waals surface area (Å²) in [5.41, 5.74) is 2.03. The van der Waals surface area contributed by atoms with E-state index in [2.05, 4.69) is 35.1 Å². The van der Waals surface area contributed by atoms with Crippen LogP contribution in [0.3, 0.4) is 0 Å². The molecule has 0 saturated heterocycles. The molecule has 108 valence electrons. The van der Waals surface area contributed by atoms with Crippen LogP contribution in [-0.4, -0.2) is 6.54 Å². The summed E-state index contributed by atoms with van der Waals surface area (Å²) in [4.78, 5) is 0. The molecule has 1 unspecified atom stereocenters. The van der Waals surface area contributed by atoms with Crippen LogP contribution in [0, 0.1) is 6.92 Å². The summed E-state index contributed by atoms with van der Waals surface area (Å²) in [5, 5.41) is 4.17. The Morgan fingerprint density at radius 1 is 1.35 bits per heavy atom. The van der Waals surface area contributed by atoms with E-state index in [9.17, 15) is 0 Å². The fourth-order valence-corrected chi connectivity index (χ4v) is 2.84. The summed E-state index contributed by atoms with van der Waals surface area (Å²) in [7, 11) is 0. The van der Waals surface area contributed by atoms with Crippen molar-refractivity contribution in [1.82, 2.24) is 5.32 Å². The van der Waals surface area contributed by atoms with Crippen molar-refractivity contribution in [2.75, 3.05) is 6.54 Å². The molecule has 0 aliphatic heterocycles. The molecule has 4 heteroatoms. The quantitative estimate of drug-likeness (QED) is 0.740. The van der Waals surface area contributed by atoms with Crippen molar-refractivity contribution in [2.45, 2.75) is 33.2 Å². The molecule has 20 heavy (non-hydrogen) atoms. The van der Waals surface area contributed by atoms with Crippen LogP contribution in [0.2, 0.25) is 5.02 Å². The largest absolute Gasteiger partial charge is 0.459 e. The number of aryl methyl sites for hydroxylation is 1. The average molecular weight is 357 g/mol. The van der Waals surface area contributed by atoms with Gasteiger partial charge in [0.2, 0.25) is 0 Å².